The molecule has 0 aliphatic heterocycles. The SMILES string of the molecule is C=[C]c1cc(F)c(F)c(F)c1. The summed E-state index contributed by atoms with van der Waals surface area (Å²) >= 11 is 0. The first kappa shape index (κ1) is 7.85. The minimum absolute atomic E-state index is 0.0985. The van der Waals surface area contributed by atoms with Gasteiger partial charge in [0, 0.05) is 0 Å². The predicted octanol–water partition coefficient (Wildman–Crippen LogP) is 2.44. The number of hydrogen-bond donors (Lipinski definition) is 0. The summed E-state index contributed by atoms with van der Waals surface area (Å²) in [5.74, 6) is -3.92. The van der Waals surface area contributed by atoms with Crippen molar-refractivity contribution in [3.8, 4) is 0 Å². The van der Waals surface area contributed by atoms with Crippen LogP contribution in [-0.4, -0.2) is 0 Å². The highest BCUT2D eigenvalue weighted by Gasteiger charge is 2.08. The van der Waals surface area contributed by atoms with Gasteiger partial charge in [-0.3, -0.25) is 0 Å². The second-order valence-corrected chi connectivity index (χ2v) is 1.93. The maximum Gasteiger partial charge on any atom is 0.194 e. The maximum atomic E-state index is 12.3. The molecule has 1 rings (SSSR count). The third kappa shape index (κ3) is 1.42. The maximum absolute atomic E-state index is 12.3. The van der Waals surface area contributed by atoms with Crippen LogP contribution in [0.1, 0.15) is 5.56 Å². The largest absolute Gasteiger partial charge is 0.204 e. The summed E-state index contributed by atoms with van der Waals surface area (Å²) in [5, 5.41) is 0. The van der Waals surface area contributed by atoms with E-state index in [2.05, 4.69) is 12.7 Å². The highest BCUT2D eigenvalue weighted by atomic mass is 19.2. The van der Waals surface area contributed by atoms with Gasteiger partial charge in [0.05, 0.1) is 0 Å². The van der Waals surface area contributed by atoms with Crippen molar-refractivity contribution in [2.45, 2.75) is 0 Å². The van der Waals surface area contributed by atoms with Crippen molar-refractivity contribution < 1.29 is 13.2 Å². The Bertz CT molecular complexity index is 268. The Morgan fingerprint density at radius 1 is 1.09 bits per heavy atom. The quantitative estimate of drug-likeness (QED) is 0.549. The fourth-order valence-electron chi connectivity index (χ4n) is 0.658. The van der Waals surface area contributed by atoms with Crippen LogP contribution in [0.25, 0.3) is 0 Å². The molecule has 1 aromatic carbocycles. The first-order chi connectivity index (χ1) is 5.15. The van der Waals surface area contributed by atoms with Crippen LogP contribution in [0.15, 0.2) is 18.7 Å². The lowest BCUT2D eigenvalue weighted by atomic mass is 10.2. The molecule has 1 radical (unpaired) electrons. The van der Waals surface area contributed by atoms with Gasteiger partial charge in [-0.25, -0.2) is 13.2 Å². The molecule has 0 bridgehead atoms. The molecule has 0 unspecified atom stereocenters. The molecule has 0 saturated heterocycles. The molecule has 3 heteroatoms. The average molecular weight is 157 g/mol. The second-order valence-electron chi connectivity index (χ2n) is 1.93. The van der Waals surface area contributed by atoms with E-state index < -0.39 is 17.5 Å². The van der Waals surface area contributed by atoms with Crippen molar-refractivity contribution in [1.82, 2.24) is 0 Å². The number of hydrogen-bond acceptors (Lipinski definition) is 0. The fourth-order valence-corrected chi connectivity index (χ4v) is 0.658. The van der Waals surface area contributed by atoms with E-state index in [0.717, 1.165) is 12.1 Å². The lowest BCUT2D eigenvalue weighted by Crippen LogP contribution is -1.91. The van der Waals surface area contributed by atoms with Crippen molar-refractivity contribution >= 4 is 0 Å². The van der Waals surface area contributed by atoms with E-state index in [1.807, 2.05) is 0 Å². The van der Waals surface area contributed by atoms with Crippen molar-refractivity contribution in [3.05, 3.63) is 47.8 Å². The van der Waals surface area contributed by atoms with Crippen molar-refractivity contribution in [2.75, 3.05) is 0 Å². The molecule has 0 heterocycles. The summed E-state index contributed by atoms with van der Waals surface area (Å²) in [6.45, 7) is 3.16. The van der Waals surface area contributed by atoms with Gasteiger partial charge in [0.25, 0.3) is 0 Å². The number of benzene rings is 1. The minimum Gasteiger partial charge on any atom is -0.204 e. The molecule has 0 saturated carbocycles. The summed E-state index contributed by atoms with van der Waals surface area (Å²) < 4.78 is 36.9. The van der Waals surface area contributed by atoms with E-state index in [-0.39, 0.29) is 5.56 Å². The zero-order valence-corrected chi connectivity index (χ0v) is 5.50. The molecule has 57 valence electrons. The van der Waals surface area contributed by atoms with Crippen LogP contribution < -0.4 is 0 Å². The molecule has 0 amide bonds. The van der Waals surface area contributed by atoms with E-state index >= 15 is 0 Å². The summed E-state index contributed by atoms with van der Waals surface area (Å²) in [4.78, 5) is 0. The van der Waals surface area contributed by atoms with Gasteiger partial charge in [0.2, 0.25) is 0 Å². The second kappa shape index (κ2) is 2.78. The molecule has 11 heavy (non-hydrogen) atoms. The van der Waals surface area contributed by atoms with E-state index in [1.54, 1.807) is 0 Å². The van der Waals surface area contributed by atoms with Crippen LogP contribution in [0.3, 0.4) is 0 Å². The van der Waals surface area contributed by atoms with Crippen LogP contribution >= 0.6 is 0 Å². The lowest BCUT2D eigenvalue weighted by molar-refractivity contribution is 0.446. The lowest BCUT2D eigenvalue weighted by Gasteiger charge is -1.95. The topological polar surface area (TPSA) is 0 Å². The predicted molar refractivity (Wildman–Crippen MR) is 34.3 cm³/mol. The van der Waals surface area contributed by atoms with Gasteiger partial charge >= 0.3 is 0 Å². The molecular formula is C8H4F3. The van der Waals surface area contributed by atoms with Crippen LogP contribution in [-0.2, 0) is 0 Å². The summed E-state index contributed by atoms with van der Waals surface area (Å²) in [5.41, 5.74) is 0.0985. The molecule has 1 aromatic rings. The van der Waals surface area contributed by atoms with Gasteiger partial charge in [0.15, 0.2) is 17.5 Å². The Hall–Kier alpha value is -1.25. The minimum atomic E-state index is -1.47. The molecular weight excluding hydrogens is 153 g/mol. The third-order valence-corrected chi connectivity index (χ3v) is 1.19. The normalized spacial score (nSPS) is 9.73. The van der Waals surface area contributed by atoms with Crippen LogP contribution in [0.2, 0.25) is 0 Å². The van der Waals surface area contributed by atoms with E-state index in [9.17, 15) is 13.2 Å². The first-order valence-corrected chi connectivity index (χ1v) is 2.83. The van der Waals surface area contributed by atoms with Gasteiger partial charge in [-0.05, 0) is 23.8 Å². The fraction of sp³-hybridized carbons (Fsp3) is 0. The molecule has 0 aromatic heterocycles. The molecule has 0 aliphatic rings. The van der Waals surface area contributed by atoms with Crippen LogP contribution in [0.5, 0.6) is 0 Å². The van der Waals surface area contributed by atoms with Crippen LogP contribution in [0, 0.1) is 23.5 Å². The van der Waals surface area contributed by atoms with Crippen molar-refractivity contribution in [2.24, 2.45) is 0 Å². The van der Waals surface area contributed by atoms with Gasteiger partial charge in [-0.15, -0.1) is 0 Å². The zero-order valence-electron chi connectivity index (χ0n) is 5.50. The Morgan fingerprint density at radius 2 is 1.55 bits per heavy atom. The average Bonchev–Trinajstić information content (AvgIpc) is 1.99. The summed E-state index contributed by atoms with van der Waals surface area (Å²) in [6, 6.07) is 1.65. The highest BCUT2D eigenvalue weighted by Crippen LogP contribution is 2.12. The number of halogens is 3. The van der Waals surface area contributed by atoms with Crippen molar-refractivity contribution in [1.29, 1.82) is 0 Å². The van der Waals surface area contributed by atoms with Gasteiger partial charge in [-0.1, -0.05) is 6.58 Å². The van der Waals surface area contributed by atoms with Crippen molar-refractivity contribution in [3.63, 3.8) is 0 Å². The van der Waals surface area contributed by atoms with E-state index in [0.29, 0.717) is 0 Å². The van der Waals surface area contributed by atoms with Gasteiger partial charge in [-0.2, -0.15) is 0 Å². The Balaban J connectivity index is 3.31. The number of rotatable bonds is 1. The molecule has 0 aliphatic carbocycles. The Morgan fingerprint density at radius 3 is 1.91 bits per heavy atom. The van der Waals surface area contributed by atoms with Crippen LogP contribution in [0.4, 0.5) is 13.2 Å². The summed E-state index contributed by atoms with van der Waals surface area (Å²) in [6.07, 6.45) is 2.24. The Kier molecular flexibility index (Phi) is 1.98. The first-order valence-electron chi connectivity index (χ1n) is 2.83. The summed E-state index contributed by atoms with van der Waals surface area (Å²) in [7, 11) is 0. The molecule has 0 atom stereocenters. The zero-order chi connectivity index (χ0) is 8.43. The molecule has 0 nitrogen and oxygen atoms in total. The Labute approximate surface area is 62.0 Å². The van der Waals surface area contributed by atoms with E-state index in [4.69, 9.17) is 0 Å². The smallest absolute Gasteiger partial charge is 0.194 e. The highest BCUT2D eigenvalue weighted by molar-refractivity contribution is 5.23. The third-order valence-electron chi connectivity index (χ3n) is 1.19. The monoisotopic (exact) mass is 157 g/mol. The van der Waals surface area contributed by atoms with E-state index in [1.165, 1.54) is 0 Å². The van der Waals surface area contributed by atoms with Gasteiger partial charge < -0.3 is 0 Å². The standard InChI is InChI=1S/C8H4F3/c1-2-5-3-6(9)8(11)7(10)4-5/h3-4H,1H2. The molecule has 0 fully saturated rings. The molecule has 0 spiro atoms. The van der Waals surface area contributed by atoms with Gasteiger partial charge in [0.1, 0.15) is 0 Å². The molecule has 0 N–H and O–H groups in total.